The van der Waals surface area contributed by atoms with Crippen molar-refractivity contribution in [1.82, 2.24) is 20.1 Å². The fraction of sp³-hybridized carbons (Fsp3) is 0.318. The van der Waals surface area contributed by atoms with Crippen LogP contribution in [-0.2, 0) is 19.4 Å². The number of nitrogens with zero attached hydrogens (tertiary/aromatic N) is 3. The third-order valence-electron chi connectivity index (χ3n) is 5.13. The zero-order valence-electron chi connectivity index (χ0n) is 16.0. The van der Waals surface area contributed by atoms with Crippen LogP contribution in [0.15, 0.2) is 48.7 Å². The summed E-state index contributed by atoms with van der Waals surface area (Å²) < 4.78 is 7.18. The number of carbonyl (C=O) groups excluding carboxylic acids is 1. The van der Waals surface area contributed by atoms with Crippen LogP contribution in [0, 0.1) is 0 Å². The van der Waals surface area contributed by atoms with Crippen molar-refractivity contribution in [3.05, 3.63) is 65.5 Å². The van der Waals surface area contributed by atoms with Crippen LogP contribution in [0.3, 0.4) is 0 Å². The third kappa shape index (κ3) is 3.76. The summed E-state index contributed by atoms with van der Waals surface area (Å²) in [6.45, 7) is 1.18. The van der Waals surface area contributed by atoms with Crippen LogP contribution in [-0.4, -0.2) is 34.3 Å². The van der Waals surface area contributed by atoms with Gasteiger partial charge in [0.05, 0.1) is 19.3 Å². The molecule has 3 aromatic rings. The smallest absolute Gasteiger partial charge is 0.251 e. The third-order valence-corrected chi connectivity index (χ3v) is 5.13. The summed E-state index contributed by atoms with van der Waals surface area (Å²) in [4.78, 5) is 16.8. The number of pyridine rings is 1. The van der Waals surface area contributed by atoms with Gasteiger partial charge in [-0.3, -0.25) is 14.5 Å². The van der Waals surface area contributed by atoms with Gasteiger partial charge < -0.3 is 10.1 Å². The molecule has 144 valence electrons. The zero-order valence-corrected chi connectivity index (χ0v) is 16.0. The summed E-state index contributed by atoms with van der Waals surface area (Å²) in [5.41, 5.74) is 5.12. The molecule has 1 aromatic carbocycles. The van der Waals surface area contributed by atoms with Gasteiger partial charge in [-0.25, -0.2) is 0 Å². The van der Waals surface area contributed by atoms with Crippen LogP contribution >= 0.6 is 0 Å². The second-order valence-corrected chi connectivity index (χ2v) is 6.90. The van der Waals surface area contributed by atoms with Crippen molar-refractivity contribution in [3.8, 4) is 17.1 Å². The molecule has 2 heterocycles. The van der Waals surface area contributed by atoms with Crippen LogP contribution in [0.2, 0.25) is 0 Å². The number of aromatic nitrogens is 3. The Hall–Kier alpha value is -3.15. The van der Waals surface area contributed by atoms with E-state index >= 15 is 0 Å². The van der Waals surface area contributed by atoms with Gasteiger partial charge in [0.1, 0.15) is 11.4 Å². The highest BCUT2D eigenvalue weighted by Crippen LogP contribution is 2.30. The Morgan fingerprint density at radius 2 is 1.96 bits per heavy atom. The summed E-state index contributed by atoms with van der Waals surface area (Å²) >= 11 is 0. The Balaban J connectivity index is 1.46. The molecule has 2 aromatic heterocycles. The SMILES string of the molecule is COc1ccc(C(=O)NCCn2nc(-c3ccccn3)c3c2CCCC3)cc1. The van der Waals surface area contributed by atoms with E-state index in [9.17, 15) is 4.79 Å². The molecule has 0 saturated heterocycles. The first-order valence-corrected chi connectivity index (χ1v) is 9.68. The molecule has 0 spiro atoms. The summed E-state index contributed by atoms with van der Waals surface area (Å²) in [6.07, 6.45) is 6.24. The molecule has 28 heavy (non-hydrogen) atoms. The first-order valence-electron chi connectivity index (χ1n) is 9.68. The number of ether oxygens (including phenoxy) is 1. The summed E-state index contributed by atoms with van der Waals surface area (Å²) in [6, 6.07) is 13.0. The Kier molecular flexibility index (Phi) is 5.37. The van der Waals surface area contributed by atoms with Gasteiger partial charge in [-0.2, -0.15) is 5.10 Å². The zero-order chi connectivity index (χ0) is 19.3. The number of benzene rings is 1. The molecule has 0 aliphatic heterocycles. The van der Waals surface area contributed by atoms with E-state index in [4.69, 9.17) is 9.84 Å². The molecule has 6 nitrogen and oxygen atoms in total. The minimum Gasteiger partial charge on any atom is -0.497 e. The first-order chi connectivity index (χ1) is 13.8. The molecule has 0 radical (unpaired) electrons. The molecule has 1 amide bonds. The van der Waals surface area contributed by atoms with E-state index in [0.717, 1.165) is 30.0 Å². The van der Waals surface area contributed by atoms with Crippen molar-refractivity contribution >= 4 is 5.91 Å². The highest BCUT2D eigenvalue weighted by Gasteiger charge is 2.22. The molecule has 4 rings (SSSR count). The minimum absolute atomic E-state index is 0.0892. The van der Waals surface area contributed by atoms with E-state index in [1.165, 1.54) is 24.1 Å². The van der Waals surface area contributed by atoms with Gasteiger partial charge in [0, 0.05) is 29.6 Å². The molecular weight excluding hydrogens is 352 g/mol. The maximum absolute atomic E-state index is 12.4. The van der Waals surface area contributed by atoms with E-state index in [1.54, 1.807) is 37.6 Å². The fourth-order valence-corrected chi connectivity index (χ4v) is 3.68. The van der Waals surface area contributed by atoms with Crippen LogP contribution in [0.25, 0.3) is 11.4 Å². The Morgan fingerprint density at radius 3 is 2.71 bits per heavy atom. The highest BCUT2D eigenvalue weighted by atomic mass is 16.5. The fourth-order valence-electron chi connectivity index (χ4n) is 3.68. The quantitative estimate of drug-likeness (QED) is 0.717. The second-order valence-electron chi connectivity index (χ2n) is 6.90. The molecule has 0 fully saturated rings. The topological polar surface area (TPSA) is 69.0 Å². The number of rotatable bonds is 6. The Bertz CT molecular complexity index is 949. The molecular formula is C22H24N4O2. The number of hydrogen-bond acceptors (Lipinski definition) is 4. The molecule has 1 aliphatic rings. The molecule has 0 bridgehead atoms. The van der Waals surface area contributed by atoms with Crippen LogP contribution in [0.4, 0.5) is 0 Å². The normalized spacial score (nSPS) is 13.0. The van der Waals surface area contributed by atoms with Crippen molar-refractivity contribution in [2.75, 3.05) is 13.7 Å². The van der Waals surface area contributed by atoms with Crippen LogP contribution in [0.5, 0.6) is 5.75 Å². The molecule has 0 unspecified atom stereocenters. The summed E-state index contributed by atoms with van der Waals surface area (Å²) in [7, 11) is 1.61. The number of fused-ring (bicyclic) bond motifs is 1. The highest BCUT2D eigenvalue weighted by molar-refractivity contribution is 5.94. The van der Waals surface area contributed by atoms with Gasteiger partial charge in [-0.1, -0.05) is 6.07 Å². The van der Waals surface area contributed by atoms with E-state index in [-0.39, 0.29) is 5.91 Å². The number of carbonyl (C=O) groups is 1. The maximum atomic E-state index is 12.4. The van der Waals surface area contributed by atoms with Gasteiger partial charge in [-0.15, -0.1) is 0 Å². The largest absolute Gasteiger partial charge is 0.497 e. The second kappa shape index (κ2) is 8.25. The monoisotopic (exact) mass is 376 g/mol. The van der Waals surface area contributed by atoms with E-state index < -0.39 is 0 Å². The molecule has 1 N–H and O–H groups in total. The number of hydrogen-bond donors (Lipinski definition) is 1. The summed E-state index contributed by atoms with van der Waals surface area (Å²) in [5, 5.41) is 7.83. The standard InChI is InChI=1S/C22H24N4O2/c1-28-17-11-9-16(10-12-17)22(27)24-14-15-26-20-8-3-2-6-18(20)21(25-26)19-7-4-5-13-23-19/h4-5,7,9-13H,2-3,6,8,14-15H2,1H3,(H,24,27). The van der Waals surface area contributed by atoms with Crippen molar-refractivity contribution in [1.29, 1.82) is 0 Å². The summed E-state index contributed by atoms with van der Waals surface area (Å²) in [5.74, 6) is 0.649. The van der Waals surface area contributed by atoms with E-state index in [2.05, 4.69) is 10.3 Å². The van der Waals surface area contributed by atoms with Crippen LogP contribution < -0.4 is 10.1 Å². The molecule has 6 heteroatoms. The molecule has 1 aliphatic carbocycles. The maximum Gasteiger partial charge on any atom is 0.251 e. The average Bonchev–Trinajstić information content (AvgIpc) is 3.13. The Labute approximate surface area is 164 Å². The molecule has 0 atom stereocenters. The predicted molar refractivity (Wildman–Crippen MR) is 107 cm³/mol. The van der Waals surface area contributed by atoms with Crippen molar-refractivity contribution in [3.63, 3.8) is 0 Å². The number of methoxy groups -OCH3 is 1. The van der Waals surface area contributed by atoms with Crippen molar-refractivity contribution in [2.45, 2.75) is 32.2 Å². The lowest BCUT2D eigenvalue weighted by molar-refractivity contribution is 0.0952. The van der Waals surface area contributed by atoms with Crippen molar-refractivity contribution < 1.29 is 9.53 Å². The van der Waals surface area contributed by atoms with Crippen LogP contribution in [0.1, 0.15) is 34.5 Å². The lowest BCUT2D eigenvalue weighted by Gasteiger charge is -2.14. The first kappa shape index (κ1) is 18.2. The number of nitrogens with one attached hydrogen (secondary N) is 1. The van der Waals surface area contributed by atoms with Gasteiger partial charge in [-0.05, 0) is 62.1 Å². The predicted octanol–water partition coefficient (Wildman–Crippen LogP) is 3.26. The van der Waals surface area contributed by atoms with Gasteiger partial charge in [0.15, 0.2) is 0 Å². The van der Waals surface area contributed by atoms with E-state index in [0.29, 0.717) is 18.7 Å². The Morgan fingerprint density at radius 1 is 1.14 bits per heavy atom. The average molecular weight is 376 g/mol. The lowest BCUT2D eigenvalue weighted by Crippen LogP contribution is -2.28. The van der Waals surface area contributed by atoms with E-state index in [1.807, 2.05) is 22.9 Å². The number of amides is 1. The van der Waals surface area contributed by atoms with Gasteiger partial charge in [0.25, 0.3) is 5.91 Å². The van der Waals surface area contributed by atoms with Crippen molar-refractivity contribution in [2.24, 2.45) is 0 Å². The molecule has 0 saturated carbocycles. The van der Waals surface area contributed by atoms with Gasteiger partial charge >= 0.3 is 0 Å². The van der Waals surface area contributed by atoms with Gasteiger partial charge in [0.2, 0.25) is 0 Å². The lowest BCUT2D eigenvalue weighted by atomic mass is 9.95. The minimum atomic E-state index is -0.0892.